The van der Waals surface area contributed by atoms with Crippen LogP contribution in [0.3, 0.4) is 0 Å². The lowest BCUT2D eigenvalue weighted by molar-refractivity contribution is -0.138. The van der Waals surface area contributed by atoms with Crippen LogP contribution < -0.4 is 10.2 Å². The standard InChI is InChI=1S/C29H30F3N5O2/c1-36-15-34-35-27(36)26(20-13-39-14-20)17-3-2-4-22(10-17)37-12-24-23(28(37)38)5-16(6-25(24)29(30,31)32)11-33-21-8-18-7-19(18)9-21/h2-6,10,15,18-21,26,33H,7-9,11-14H2,1H3/t18-,19+,21+,26-/m0/s1. The van der Waals surface area contributed by atoms with Gasteiger partial charge in [0.2, 0.25) is 0 Å². The summed E-state index contributed by atoms with van der Waals surface area (Å²) in [4.78, 5) is 15.0. The van der Waals surface area contributed by atoms with E-state index in [1.54, 1.807) is 18.5 Å². The topological polar surface area (TPSA) is 72.3 Å². The summed E-state index contributed by atoms with van der Waals surface area (Å²) in [5.41, 5.74) is 1.45. The van der Waals surface area contributed by atoms with Crippen molar-refractivity contribution in [3.63, 3.8) is 0 Å². The smallest absolute Gasteiger partial charge is 0.381 e. The van der Waals surface area contributed by atoms with Gasteiger partial charge in [0.25, 0.3) is 5.91 Å². The van der Waals surface area contributed by atoms with Gasteiger partial charge in [-0.05, 0) is 72.1 Å². The van der Waals surface area contributed by atoms with Crippen molar-refractivity contribution in [2.75, 3.05) is 18.1 Å². The molecule has 1 saturated heterocycles. The number of alkyl halides is 3. The molecule has 0 bridgehead atoms. The first kappa shape index (κ1) is 24.8. The van der Waals surface area contributed by atoms with E-state index < -0.39 is 17.6 Å². The average molecular weight is 538 g/mol. The number of ether oxygens (including phenoxy) is 1. The Morgan fingerprint density at radius 1 is 1.13 bits per heavy atom. The van der Waals surface area contributed by atoms with Crippen LogP contribution in [-0.4, -0.2) is 39.9 Å². The number of nitrogens with zero attached hydrogens (tertiary/aromatic N) is 4. The summed E-state index contributed by atoms with van der Waals surface area (Å²) in [6.45, 7) is 1.38. The van der Waals surface area contributed by atoms with E-state index in [4.69, 9.17) is 4.74 Å². The summed E-state index contributed by atoms with van der Waals surface area (Å²) >= 11 is 0. The van der Waals surface area contributed by atoms with Crippen LogP contribution in [0.15, 0.2) is 42.7 Å². The average Bonchev–Trinajstić information content (AvgIpc) is 3.16. The third-order valence-electron chi connectivity index (χ3n) is 8.95. The van der Waals surface area contributed by atoms with E-state index in [2.05, 4.69) is 15.5 Å². The molecule has 3 aromatic rings. The lowest BCUT2D eigenvalue weighted by Gasteiger charge is -2.33. The quantitative estimate of drug-likeness (QED) is 0.475. The van der Waals surface area contributed by atoms with Crippen LogP contribution in [0.4, 0.5) is 18.9 Å². The molecule has 7 nitrogen and oxygen atoms in total. The fourth-order valence-corrected chi connectivity index (χ4v) is 6.71. The molecular formula is C29H30F3N5O2. The van der Waals surface area contributed by atoms with E-state index in [1.807, 2.05) is 29.8 Å². The number of aromatic nitrogens is 3. The molecule has 0 radical (unpaired) electrons. The molecule has 204 valence electrons. The fourth-order valence-electron chi connectivity index (χ4n) is 6.71. The van der Waals surface area contributed by atoms with Gasteiger partial charge in [-0.3, -0.25) is 4.79 Å². The van der Waals surface area contributed by atoms with Crippen LogP contribution in [0.25, 0.3) is 0 Å². The highest BCUT2D eigenvalue weighted by Crippen LogP contribution is 2.51. The molecule has 7 rings (SSSR count). The predicted octanol–water partition coefficient (Wildman–Crippen LogP) is 4.66. The Morgan fingerprint density at radius 3 is 2.59 bits per heavy atom. The van der Waals surface area contributed by atoms with E-state index in [9.17, 15) is 18.0 Å². The first-order valence-corrected chi connectivity index (χ1v) is 13.6. The van der Waals surface area contributed by atoms with Gasteiger partial charge in [-0.1, -0.05) is 12.1 Å². The minimum absolute atomic E-state index is 0.0426. The molecule has 1 amide bonds. The molecule has 2 aromatic carbocycles. The Labute approximate surface area is 224 Å². The Balaban J connectivity index is 1.18. The maximum atomic E-state index is 14.2. The van der Waals surface area contributed by atoms with E-state index in [0.29, 0.717) is 37.1 Å². The summed E-state index contributed by atoms with van der Waals surface area (Å²) in [5.74, 6) is 2.04. The van der Waals surface area contributed by atoms with Gasteiger partial charge in [0.05, 0.1) is 31.2 Å². The van der Waals surface area contributed by atoms with Crippen LogP contribution in [0.1, 0.15) is 63.6 Å². The Kier molecular flexibility index (Phi) is 5.82. The van der Waals surface area contributed by atoms with Crippen molar-refractivity contribution in [2.24, 2.45) is 24.8 Å². The number of nitrogens with one attached hydrogen (secondary N) is 1. The number of hydrogen-bond donors (Lipinski definition) is 1. The number of fused-ring (bicyclic) bond motifs is 2. The molecule has 2 saturated carbocycles. The van der Waals surface area contributed by atoms with E-state index in [1.165, 1.54) is 17.4 Å². The van der Waals surface area contributed by atoms with Gasteiger partial charge in [-0.25, -0.2) is 0 Å². The minimum atomic E-state index is -4.55. The molecule has 39 heavy (non-hydrogen) atoms. The first-order valence-electron chi connectivity index (χ1n) is 13.6. The molecule has 0 unspecified atom stereocenters. The van der Waals surface area contributed by atoms with E-state index in [-0.39, 0.29) is 29.5 Å². The second-order valence-corrected chi connectivity index (χ2v) is 11.5. The van der Waals surface area contributed by atoms with E-state index >= 15 is 0 Å². The zero-order valence-electron chi connectivity index (χ0n) is 21.6. The van der Waals surface area contributed by atoms with Crippen molar-refractivity contribution in [3.05, 3.63) is 76.4 Å². The number of hydrogen-bond acceptors (Lipinski definition) is 5. The molecule has 3 fully saturated rings. The number of benzene rings is 2. The minimum Gasteiger partial charge on any atom is -0.381 e. The van der Waals surface area contributed by atoms with Crippen LogP contribution in [0.2, 0.25) is 0 Å². The van der Waals surface area contributed by atoms with Gasteiger partial charge < -0.3 is 19.5 Å². The molecule has 2 aliphatic heterocycles. The third-order valence-corrected chi connectivity index (χ3v) is 8.95. The molecule has 1 N–H and O–H groups in total. The van der Waals surface area contributed by atoms with Crippen molar-refractivity contribution in [2.45, 2.75) is 50.5 Å². The number of amides is 1. The van der Waals surface area contributed by atoms with Crippen molar-refractivity contribution in [3.8, 4) is 0 Å². The molecule has 10 heteroatoms. The van der Waals surface area contributed by atoms with Crippen molar-refractivity contribution < 1.29 is 22.7 Å². The maximum Gasteiger partial charge on any atom is 0.416 e. The lowest BCUT2D eigenvalue weighted by Crippen LogP contribution is -2.35. The Bertz CT molecular complexity index is 1420. The highest BCUT2D eigenvalue weighted by molar-refractivity contribution is 6.10. The molecule has 1 aromatic heterocycles. The van der Waals surface area contributed by atoms with Gasteiger partial charge in [0.15, 0.2) is 0 Å². The monoisotopic (exact) mass is 537 g/mol. The highest BCUT2D eigenvalue weighted by Gasteiger charge is 2.46. The SMILES string of the molecule is Cn1cnnc1[C@@H](c1cccc(N2Cc3c(cc(CN[C@@H]4C[C@@H]5C[C@@H]5C4)cc3C(F)(F)F)C2=O)c1)C1COC1. The Morgan fingerprint density at radius 2 is 1.92 bits per heavy atom. The number of rotatable bonds is 7. The van der Waals surface area contributed by atoms with Crippen molar-refractivity contribution in [1.29, 1.82) is 0 Å². The predicted molar refractivity (Wildman–Crippen MR) is 137 cm³/mol. The van der Waals surface area contributed by atoms with Gasteiger partial charge in [0, 0.05) is 36.8 Å². The summed E-state index contributed by atoms with van der Waals surface area (Å²) in [6, 6.07) is 10.7. The van der Waals surface area contributed by atoms with Crippen LogP contribution in [0.5, 0.6) is 0 Å². The molecule has 4 atom stereocenters. The summed E-state index contributed by atoms with van der Waals surface area (Å²) in [5, 5.41) is 11.8. The lowest BCUT2D eigenvalue weighted by atomic mass is 9.83. The number of halogens is 3. The summed E-state index contributed by atoms with van der Waals surface area (Å²) in [7, 11) is 1.88. The largest absolute Gasteiger partial charge is 0.416 e. The number of carbonyl (C=O) groups excluding carboxylic acids is 1. The highest BCUT2D eigenvalue weighted by atomic mass is 19.4. The summed E-state index contributed by atoms with van der Waals surface area (Å²) in [6.07, 6.45) is 0.565. The number of anilines is 1. The number of carbonyl (C=O) groups is 1. The zero-order valence-corrected chi connectivity index (χ0v) is 21.6. The molecular weight excluding hydrogens is 507 g/mol. The number of aryl methyl sites for hydroxylation is 1. The van der Waals surface area contributed by atoms with Gasteiger partial charge >= 0.3 is 6.18 Å². The molecule has 4 aliphatic rings. The summed E-state index contributed by atoms with van der Waals surface area (Å²) < 4.78 is 49.9. The van der Waals surface area contributed by atoms with Crippen molar-refractivity contribution in [1.82, 2.24) is 20.1 Å². The fraction of sp³-hybridized carbons (Fsp3) is 0.483. The normalized spacial score (nSPS) is 25.0. The first-order chi connectivity index (χ1) is 18.8. The maximum absolute atomic E-state index is 14.2. The van der Waals surface area contributed by atoms with Crippen LogP contribution in [-0.2, 0) is 31.1 Å². The van der Waals surface area contributed by atoms with Crippen LogP contribution in [0, 0.1) is 17.8 Å². The van der Waals surface area contributed by atoms with Gasteiger partial charge in [-0.2, -0.15) is 13.2 Å². The zero-order chi connectivity index (χ0) is 26.9. The van der Waals surface area contributed by atoms with Gasteiger partial charge in [0.1, 0.15) is 12.2 Å². The molecule has 0 spiro atoms. The second kappa shape index (κ2) is 9.16. The molecule has 2 aliphatic carbocycles. The Hall–Kier alpha value is -3.24. The molecule has 3 heterocycles. The van der Waals surface area contributed by atoms with Crippen molar-refractivity contribution >= 4 is 11.6 Å². The third kappa shape index (κ3) is 4.43. The van der Waals surface area contributed by atoms with E-state index in [0.717, 1.165) is 36.1 Å². The second-order valence-electron chi connectivity index (χ2n) is 11.5. The van der Waals surface area contributed by atoms with Gasteiger partial charge in [-0.15, -0.1) is 10.2 Å². The van der Waals surface area contributed by atoms with Crippen LogP contribution >= 0.6 is 0 Å².